The second-order valence-corrected chi connectivity index (χ2v) is 7.42. The zero-order chi connectivity index (χ0) is 20.0. The van der Waals surface area contributed by atoms with Gasteiger partial charge in [0.05, 0.1) is 16.6 Å². The standard InChI is InChI=1S/C19H19BrN2O4S/c1-4-12-6-7-15(14(20)8-12)26-10-16(23)22-18-13(9-21)11(3)17(27-18)19(24)25-5-2/h6-8H,4-5,10H2,1-3H3,(H,22,23). The Kier molecular flexibility index (Phi) is 7.39. The Labute approximate surface area is 170 Å². The van der Waals surface area contributed by atoms with Crippen molar-refractivity contribution >= 4 is 44.1 Å². The van der Waals surface area contributed by atoms with Crippen molar-refractivity contribution in [3.8, 4) is 11.8 Å². The number of halogens is 1. The van der Waals surface area contributed by atoms with E-state index < -0.39 is 11.9 Å². The third kappa shape index (κ3) is 5.08. The van der Waals surface area contributed by atoms with E-state index in [9.17, 15) is 14.9 Å². The van der Waals surface area contributed by atoms with Gasteiger partial charge < -0.3 is 14.8 Å². The molecular weight excluding hydrogens is 432 g/mol. The first-order valence-electron chi connectivity index (χ1n) is 8.32. The predicted octanol–water partition coefficient (Wildman–Crippen LogP) is 4.45. The van der Waals surface area contributed by atoms with E-state index in [1.165, 1.54) is 0 Å². The number of carbonyl (C=O) groups is 2. The van der Waals surface area contributed by atoms with Gasteiger partial charge in [-0.3, -0.25) is 4.79 Å². The minimum absolute atomic E-state index is 0.222. The van der Waals surface area contributed by atoms with Gasteiger partial charge in [0.2, 0.25) is 0 Å². The number of hydrogen-bond acceptors (Lipinski definition) is 6. The summed E-state index contributed by atoms with van der Waals surface area (Å²) >= 11 is 4.45. The van der Waals surface area contributed by atoms with Crippen LogP contribution in [-0.4, -0.2) is 25.1 Å². The van der Waals surface area contributed by atoms with Gasteiger partial charge >= 0.3 is 5.97 Å². The van der Waals surface area contributed by atoms with E-state index in [0.29, 0.717) is 21.2 Å². The van der Waals surface area contributed by atoms with E-state index >= 15 is 0 Å². The highest BCUT2D eigenvalue weighted by atomic mass is 79.9. The summed E-state index contributed by atoms with van der Waals surface area (Å²) in [6, 6.07) is 7.69. The summed E-state index contributed by atoms with van der Waals surface area (Å²) in [4.78, 5) is 24.5. The van der Waals surface area contributed by atoms with E-state index in [0.717, 1.165) is 27.8 Å². The quantitative estimate of drug-likeness (QED) is 0.629. The van der Waals surface area contributed by atoms with Gasteiger partial charge in [-0.2, -0.15) is 5.26 Å². The molecule has 0 saturated heterocycles. The largest absolute Gasteiger partial charge is 0.483 e. The van der Waals surface area contributed by atoms with Gasteiger partial charge in [0.15, 0.2) is 6.61 Å². The zero-order valence-electron chi connectivity index (χ0n) is 15.2. The van der Waals surface area contributed by atoms with Gasteiger partial charge in [0.1, 0.15) is 21.7 Å². The number of thiophene rings is 1. The maximum absolute atomic E-state index is 12.2. The Bertz CT molecular complexity index is 902. The van der Waals surface area contributed by atoms with Crippen LogP contribution in [-0.2, 0) is 16.0 Å². The first-order chi connectivity index (χ1) is 12.9. The molecule has 2 aromatic rings. The third-order valence-corrected chi connectivity index (χ3v) is 5.54. The summed E-state index contributed by atoms with van der Waals surface area (Å²) in [5, 5.41) is 12.3. The molecule has 1 aromatic heterocycles. The predicted molar refractivity (Wildman–Crippen MR) is 107 cm³/mol. The summed E-state index contributed by atoms with van der Waals surface area (Å²) < 4.78 is 11.3. The fourth-order valence-corrected chi connectivity index (χ4v) is 3.92. The van der Waals surface area contributed by atoms with Crippen molar-refractivity contribution in [3.63, 3.8) is 0 Å². The number of ether oxygens (including phenoxy) is 2. The lowest BCUT2D eigenvalue weighted by Gasteiger charge is -2.09. The molecule has 142 valence electrons. The van der Waals surface area contributed by atoms with Gasteiger partial charge in [-0.25, -0.2) is 4.79 Å². The van der Waals surface area contributed by atoms with E-state index in [-0.39, 0.29) is 18.8 Å². The topological polar surface area (TPSA) is 88.4 Å². The number of carbonyl (C=O) groups excluding carboxylic acids is 2. The molecule has 6 nitrogen and oxygen atoms in total. The Morgan fingerprint density at radius 3 is 2.67 bits per heavy atom. The van der Waals surface area contributed by atoms with Crippen LogP contribution in [0, 0.1) is 18.3 Å². The summed E-state index contributed by atoms with van der Waals surface area (Å²) in [6.45, 7) is 5.42. The number of hydrogen-bond donors (Lipinski definition) is 1. The lowest BCUT2D eigenvalue weighted by Crippen LogP contribution is -2.20. The fraction of sp³-hybridized carbons (Fsp3) is 0.316. The molecule has 0 aliphatic carbocycles. The van der Waals surface area contributed by atoms with Crippen molar-refractivity contribution in [1.29, 1.82) is 5.26 Å². The fourth-order valence-electron chi connectivity index (χ4n) is 2.31. The molecule has 1 heterocycles. The number of anilines is 1. The summed E-state index contributed by atoms with van der Waals surface area (Å²) in [6.07, 6.45) is 0.900. The SMILES string of the molecule is CCOC(=O)c1sc(NC(=O)COc2ccc(CC)cc2Br)c(C#N)c1C. The van der Waals surface area contributed by atoms with Gasteiger partial charge in [0.25, 0.3) is 5.91 Å². The van der Waals surface area contributed by atoms with E-state index in [2.05, 4.69) is 28.2 Å². The normalized spacial score (nSPS) is 10.2. The molecule has 0 fully saturated rings. The molecule has 0 atom stereocenters. The van der Waals surface area contributed by atoms with Crippen molar-refractivity contribution in [2.24, 2.45) is 0 Å². The average molecular weight is 451 g/mol. The lowest BCUT2D eigenvalue weighted by atomic mass is 10.2. The molecule has 1 aromatic carbocycles. The number of esters is 1. The Morgan fingerprint density at radius 1 is 1.33 bits per heavy atom. The smallest absolute Gasteiger partial charge is 0.348 e. The van der Waals surface area contributed by atoms with Crippen LogP contribution in [0.2, 0.25) is 0 Å². The molecule has 1 N–H and O–H groups in total. The van der Waals surface area contributed by atoms with Crippen molar-refractivity contribution in [3.05, 3.63) is 44.2 Å². The Morgan fingerprint density at radius 2 is 2.07 bits per heavy atom. The minimum atomic E-state index is -0.506. The highest BCUT2D eigenvalue weighted by Crippen LogP contribution is 2.33. The summed E-state index contributed by atoms with van der Waals surface area (Å²) in [7, 11) is 0. The second-order valence-electron chi connectivity index (χ2n) is 5.55. The lowest BCUT2D eigenvalue weighted by molar-refractivity contribution is -0.118. The van der Waals surface area contributed by atoms with E-state index in [1.807, 2.05) is 18.2 Å². The number of rotatable bonds is 7. The summed E-state index contributed by atoms with van der Waals surface area (Å²) in [5.41, 5.74) is 1.90. The van der Waals surface area contributed by atoms with E-state index in [4.69, 9.17) is 9.47 Å². The van der Waals surface area contributed by atoms with Crippen molar-refractivity contribution in [2.75, 3.05) is 18.5 Å². The summed E-state index contributed by atoms with van der Waals surface area (Å²) in [5.74, 6) is -0.375. The molecule has 0 spiro atoms. The Balaban J connectivity index is 2.08. The van der Waals surface area contributed by atoms with E-state index in [1.54, 1.807) is 19.9 Å². The van der Waals surface area contributed by atoms with Gasteiger partial charge in [-0.15, -0.1) is 11.3 Å². The first kappa shape index (κ1) is 20.9. The number of aryl methyl sites for hydroxylation is 1. The average Bonchev–Trinajstić information content (AvgIpc) is 2.96. The molecule has 0 bridgehead atoms. The number of nitrogens with one attached hydrogen (secondary N) is 1. The van der Waals surface area contributed by atoms with Crippen LogP contribution < -0.4 is 10.1 Å². The van der Waals surface area contributed by atoms with Crippen molar-refractivity contribution < 1.29 is 19.1 Å². The molecule has 0 unspecified atom stereocenters. The highest BCUT2D eigenvalue weighted by Gasteiger charge is 2.22. The molecule has 0 aliphatic rings. The van der Waals surface area contributed by atoms with Gasteiger partial charge in [-0.1, -0.05) is 13.0 Å². The van der Waals surface area contributed by atoms with Crippen LogP contribution in [0.5, 0.6) is 5.75 Å². The number of amides is 1. The maximum Gasteiger partial charge on any atom is 0.348 e. The number of nitrogens with zero attached hydrogens (tertiary/aromatic N) is 1. The van der Waals surface area contributed by atoms with Crippen LogP contribution in [0.1, 0.15) is 40.2 Å². The highest BCUT2D eigenvalue weighted by molar-refractivity contribution is 9.10. The van der Waals surface area contributed by atoms with Gasteiger partial charge in [0, 0.05) is 0 Å². The number of nitriles is 1. The molecule has 1 amide bonds. The van der Waals surface area contributed by atoms with Crippen LogP contribution in [0.15, 0.2) is 22.7 Å². The van der Waals surface area contributed by atoms with Crippen molar-refractivity contribution in [1.82, 2.24) is 0 Å². The van der Waals surface area contributed by atoms with Crippen LogP contribution >= 0.6 is 27.3 Å². The molecule has 27 heavy (non-hydrogen) atoms. The maximum atomic E-state index is 12.2. The molecule has 8 heteroatoms. The molecule has 0 aliphatic heterocycles. The van der Waals surface area contributed by atoms with Gasteiger partial charge in [-0.05, 0) is 59.5 Å². The Hall–Kier alpha value is -2.37. The second kappa shape index (κ2) is 9.53. The number of benzene rings is 1. The monoisotopic (exact) mass is 450 g/mol. The molecular formula is C19H19BrN2O4S. The van der Waals surface area contributed by atoms with Crippen LogP contribution in [0.4, 0.5) is 5.00 Å². The zero-order valence-corrected chi connectivity index (χ0v) is 17.6. The molecule has 2 rings (SSSR count). The van der Waals surface area contributed by atoms with Crippen LogP contribution in [0.25, 0.3) is 0 Å². The minimum Gasteiger partial charge on any atom is -0.483 e. The third-order valence-electron chi connectivity index (χ3n) is 3.74. The molecule has 0 radical (unpaired) electrons. The first-order valence-corrected chi connectivity index (χ1v) is 9.93. The van der Waals surface area contributed by atoms with Crippen LogP contribution in [0.3, 0.4) is 0 Å². The molecule has 0 saturated carbocycles. The van der Waals surface area contributed by atoms with Crippen molar-refractivity contribution in [2.45, 2.75) is 27.2 Å².